The van der Waals surface area contributed by atoms with Gasteiger partial charge in [-0.05, 0) is 25.0 Å². The van der Waals surface area contributed by atoms with Crippen LogP contribution in [0.2, 0.25) is 5.02 Å². The highest BCUT2D eigenvalue weighted by atomic mass is 35.5. The number of amides is 1. The molecule has 0 bridgehead atoms. The number of halogens is 1. The third kappa shape index (κ3) is 4.65. The molecule has 10 heteroatoms. The number of aromatic amines is 1. The summed E-state index contributed by atoms with van der Waals surface area (Å²) in [5, 5.41) is 4.61. The molecule has 1 atom stereocenters. The summed E-state index contributed by atoms with van der Waals surface area (Å²) in [7, 11) is 1.63. The van der Waals surface area contributed by atoms with Crippen LogP contribution in [0.3, 0.4) is 0 Å². The molecule has 0 radical (unpaired) electrons. The van der Waals surface area contributed by atoms with Gasteiger partial charge in [-0.15, -0.1) is 5.10 Å². The third-order valence-corrected chi connectivity index (χ3v) is 6.30. The summed E-state index contributed by atoms with van der Waals surface area (Å²) in [6.07, 6.45) is 1.79. The highest BCUT2D eigenvalue weighted by Crippen LogP contribution is 2.31. The minimum atomic E-state index is -0.339. The predicted molar refractivity (Wildman–Crippen MR) is 131 cm³/mol. The number of H-pyrrole nitrogens is 1. The number of carbonyl (C=O) groups excluding carboxylic acids is 1. The summed E-state index contributed by atoms with van der Waals surface area (Å²) in [5.74, 6) is 0.893. The van der Waals surface area contributed by atoms with Gasteiger partial charge in [0.1, 0.15) is 17.9 Å². The van der Waals surface area contributed by atoms with Crippen LogP contribution in [0.15, 0.2) is 59.4 Å². The lowest BCUT2D eigenvalue weighted by molar-refractivity contribution is 0.0626. The molecule has 1 aliphatic heterocycles. The normalized spacial score (nSPS) is 15.6. The lowest BCUT2D eigenvalue weighted by atomic mass is 10.1. The number of methoxy groups -OCH3 is 1. The van der Waals surface area contributed by atoms with Crippen molar-refractivity contribution < 1.29 is 14.3 Å². The van der Waals surface area contributed by atoms with Crippen molar-refractivity contribution in [1.29, 1.82) is 0 Å². The van der Waals surface area contributed by atoms with E-state index in [1.807, 2.05) is 30.3 Å². The number of fused-ring (bicyclic) bond motifs is 1. The lowest BCUT2D eigenvalue weighted by Crippen LogP contribution is -2.38. The van der Waals surface area contributed by atoms with Gasteiger partial charge in [0.05, 0.1) is 23.4 Å². The predicted octanol–water partition coefficient (Wildman–Crippen LogP) is 3.57. The fourth-order valence-corrected chi connectivity index (χ4v) is 4.57. The summed E-state index contributed by atoms with van der Waals surface area (Å²) in [4.78, 5) is 35.3. The van der Waals surface area contributed by atoms with Crippen LogP contribution in [0.25, 0.3) is 17.2 Å². The fourth-order valence-electron chi connectivity index (χ4n) is 4.32. The molecule has 2 aromatic heterocycles. The zero-order valence-corrected chi connectivity index (χ0v) is 19.9. The maximum atomic E-state index is 13.4. The van der Waals surface area contributed by atoms with Crippen LogP contribution in [0.4, 0.5) is 0 Å². The Morgan fingerprint density at radius 1 is 1.20 bits per heavy atom. The van der Waals surface area contributed by atoms with E-state index in [1.54, 1.807) is 30.2 Å². The number of rotatable bonds is 7. The Labute approximate surface area is 206 Å². The molecule has 35 heavy (non-hydrogen) atoms. The maximum absolute atomic E-state index is 13.4. The second-order valence-electron chi connectivity index (χ2n) is 8.32. The van der Waals surface area contributed by atoms with Crippen LogP contribution in [-0.2, 0) is 11.3 Å². The van der Waals surface area contributed by atoms with Crippen molar-refractivity contribution in [2.75, 3.05) is 20.3 Å². The van der Waals surface area contributed by atoms with E-state index < -0.39 is 0 Å². The molecule has 1 aliphatic rings. The Balaban J connectivity index is 1.40. The number of likely N-dealkylation sites (tertiary alicyclic amines) is 1. The van der Waals surface area contributed by atoms with E-state index in [4.69, 9.17) is 21.1 Å². The van der Waals surface area contributed by atoms with Crippen molar-refractivity contribution in [1.82, 2.24) is 24.5 Å². The molecule has 1 fully saturated rings. The van der Waals surface area contributed by atoms with Crippen LogP contribution in [-0.4, -0.2) is 56.7 Å². The summed E-state index contributed by atoms with van der Waals surface area (Å²) in [5.41, 5.74) is 1.26. The van der Waals surface area contributed by atoms with Gasteiger partial charge in [0.25, 0.3) is 11.5 Å². The zero-order valence-electron chi connectivity index (χ0n) is 19.1. The molecule has 5 rings (SSSR count). The van der Waals surface area contributed by atoms with Crippen LogP contribution in [0, 0.1) is 0 Å². The van der Waals surface area contributed by atoms with Gasteiger partial charge in [0, 0.05) is 25.3 Å². The van der Waals surface area contributed by atoms with E-state index in [-0.39, 0.29) is 24.1 Å². The van der Waals surface area contributed by atoms with Crippen molar-refractivity contribution in [3.8, 4) is 17.1 Å². The van der Waals surface area contributed by atoms with Crippen molar-refractivity contribution in [2.45, 2.75) is 25.5 Å². The molecule has 3 heterocycles. The van der Waals surface area contributed by atoms with Gasteiger partial charge in [-0.2, -0.15) is 9.50 Å². The molecule has 0 spiro atoms. The Morgan fingerprint density at radius 3 is 2.83 bits per heavy atom. The molecule has 180 valence electrons. The van der Waals surface area contributed by atoms with Crippen LogP contribution in [0.5, 0.6) is 5.75 Å². The lowest BCUT2D eigenvalue weighted by Gasteiger charge is -2.25. The molecular formula is C25H24ClN5O4. The molecular weight excluding hydrogens is 470 g/mol. The van der Waals surface area contributed by atoms with Gasteiger partial charge in [-0.25, -0.2) is 0 Å². The second kappa shape index (κ2) is 9.89. The molecule has 9 nitrogen and oxygen atoms in total. The van der Waals surface area contributed by atoms with Gasteiger partial charge in [0.15, 0.2) is 5.82 Å². The molecule has 0 saturated carbocycles. The van der Waals surface area contributed by atoms with E-state index in [1.165, 1.54) is 10.6 Å². The van der Waals surface area contributed by atoms with Gasteiger partial charge in [-0.1, -0.05) is 48.0 Å². The number of hydrogen-bond acceptors (Lipinski definition) is 6. The minimum absolute atomic E-state index is 0.00198. The van der Waals surface area contributed by atoms with Crippen LogP contribution < -0.4 is 10.3 Å². The molecule has 4 aromatic rings. The fraction of sp³-hybridized carbons (Fsp3) is 0.280. The third-order valence-electron chi connectivity index (χ3n) is 5.99. The Bertz CT molecular complexity index is 1420. The van der Waals surface area contributed by atoms with Gasteiger partial charge < -0.3 is 19.4 Å². The highest BCUT2D eigenvalue weighted by Gasteiger charge is 2.32. The van der Waals surface area contributed by atoms with Crippen molar-refractivity contribution in [3.63, 3.8) is 0 Å². The maximum Gasteiger partial charge on any atom is 0.276 e. The Kier molecular flexibility index (Phi) is 6.52. The smallest absolute Gasteiger partial charge is 0.276 e. The molecule has 1 amide bonds. The number of ether oxygens (including phenoxy) is 2. The molecule has 1 saturated heterocycles. The average molecular weight is 494 g/mol. The first-order valence-electron chi connectivity index (χ1n) is 11.3. The first-order valence-corrected chi connectivity index (χ1v) is 11.7. The molecule has 0 aliphatic carbocycles. The molecule has 2 aromatic carbocycles. The van der Waals surface area contributed by atoms with Crippen molar-refractivity contribution in [3.05, 3.63) is 81.2 Å². The van der Waals surface area contributed by atoms with E-state index in [0.717, 1.165) is 18.4 Å². The summed E-state index contributed by atoms with van der Waals surface area (Å²) in [6.45, 7) is 1.12. The zero-order chi connectivity index (χ0) is 24.4. The monoisotopic (exact) mass is 493 g/mol. The van der Waals surface area contributed by atoms with Crippen molar-refractivity contribution >= 4 is 23.3 Å². The van der Waals surface area contributed by atoms with Gasteiger partial charge in [0.2, 0.25) is 5.78 Å². The van der Waals surface area contributed by atoms with E-state index in [0.29, 0.717) is 46.8 Å². The van der Waals surface area contributed by atoms with E-state index >= 15 is 0 Å². The standard InChI is InChI=1S/C25H24ClN5O4/c1-34-15-18-9-6-12-30(18)24(33)22-19(26)10-5-11-20(22)35-14-17-13-21(32)31-25(27-17)28-23(29-31)16-7-3-2-4-8-16/h2-5,7-8,10-11,13,18H,6,9,12,14-15H2,1H3,(H,27,28,29)/t18-/m1/s1. The number of nitrogens with one attached hydrogen (secondary N) is 1. The molecule has 1 N–H and O–H groups in total. The first kappa shape index (κ1) is 23.1. The van der Waals surface area contributed by atoms with Crippen molar-refractivity contribution in [2.24, 2.45) is 0 Å². The van der Waals surface area contributed by atoms with E-state index in [2.05, 4.69) is 15.1 Å². The number of benzene rings is 2. The number of aromatic nitrogens is 4. The van der Waals surface area contributed by atoms with Gasteiger partial charge >= 0.3 is 0 Å². The van der Waals surface area contributed by atoms with Gasteiger partial charge in [-0.3, -0.25) is 9.59 Å². The SMILES string of the molecule is COC[C@H]1CCCN1C(=O)c1c(Cl)cccc1OCc1cc(=O)n2nc(-c3ccccc3)nc2[nH]1. The van der Waals surface area contributed by atoms with Crippen LogP contribution in [0.1, 0.15) is 28.9 Å². The molecule has 0 unspecified atom stereocenters. The topological polar surface area (TPSA) is 102 Å². The second-order valence-corrected chi connectivity index (χ2v) is 8.73. The largest absolute Gasteiger partial charge is 0.486 e. The first-order chi connectivity index (χ1) is 17.0. The highest BCUT2D eigenvalue weighted by molar-refractivity contribution is 6.34. The number of nitrogens with zero attached hydrogens (tertiary/aromatic N) is 4. The average Bonchev–Trinajstić information content (AvgIpc) is 3.51. The summed E-state index contributed by atoms with van der Waals surface area (Å²) < 4.78 is 12.5. The van der Waals surface area contributed by atoms with Crippen LogP contribution >= 0.6 is 11.6 Å². The Hall–Kier alpha value is -3.69. The Morgan fingerprint density at radius 2 is 2.03 bits per heavy atom. The minimum Gasteiger partial charge on any atom is -0.486 e. The quantitative estimate of drug-likeness (QED) is 0.422. The summed E-state index contributed by atoms with van der Waals surface area (Å²) >= 11 is 6.44. The van der Waals surface area contributed by atoms with E-state index in [9.17, 15) is 9.59 Å². The number of carbonyl (C=O) groups is 1. The number of hydrogen-bond donors (Lipinski definition) is 1. The summed E-state index contributed by atoms with van der Waals surface area (Å²) in [6, 6.07) is 15.9.